The maximum absolute atomic E-state index is 13.6. The highest BCUT2D eigenvalue weighted by molar-refractivity contribution is 5.73. The van der Waals surface area contributed by atoms with Gasteiger partial charge < -0.3 is 14.9 Å². The van der Waals surface area contributed by atoms with Gasteiger partial charge in [0.05, 0.1) is 23.8 Å². The van der Waals surface area contributed by atoms with Crippen molar-refractivity contribution in [3.05, 3.63) is 53.1 Å². The summed E-state index contributed by atoms with van der Waals surface area (Å²) in [5.41, 5.74) is 3.68. The third-order valence-electron chi connectivity index (χ3n) is 5.52. The van der Waals surface area contributed by atoms with Crippen LogP contribution in [0.25, 0.3) is 11.1 Å². The second kappa shape index (κ2) is 11.3. The zero-order valence-electron chi connectivity index (χ0n) is 21.3. The Kier molecular flexibility index (Phi) is 8.69. The molecule has 1 aliphatic carbocycles. The third-order valence-corrected chi connectivity index (χ3v) is 5.52. The van der Waals surface area contributed by atoms with Crippen molar-refractivity contribution in [2.24, 2.45) is 5.92 Å². The SMILES string of the molecule is CC(C)Cc1cc(-c2ccc(F)cc2)c(C#C[C@@H](O)C[C@@H](O)CC(=O)OC(C)(C)C)c(C2CC2)n1. The maximum Gasteiger partial charge on any atom is 0.308 e. The maximum atomic E-state index is 13.6. The average Bonchev–Trinajstić information content (AvgIpc) is 3.56. The first kappa shape index (κ1) is 26.8. The Morgan fingerprint density at radius 2 is 1.86 bits per heavy atom. The molecule has 5 nitrogen and oxygen atoms in total. The highest BCUT2D eigenvalue weighted by Crippen LogP contribution is 2.43. The van der Waals surface area contributed by atoms with Crippen LogP contribution in [0.3, 0.4) is 0 Å². The van der Waals surface area contributed by atoms with Crippen LogP contribution in [0.2, 0.25) is 0 Å². The van der Waals surface area contributed by atoms with Gasteiger partial charge in [-0.25, -0.2) is 4.39 Å². The Hall–Kier alpha value is -2.75. The van der Waals surface area contributed by atoms with E-state index in [9.17, 15) is 19.4 Å². The number of aromatic nitrogens is 1. The number of pyridine rings is 1. The van der Waals surface area contributed by atoms with Crippen molar-refractivity contribution in [2.45, 2.75) is 90.4 Å². The first-order valence-corrected chi connectivity index (χ1v) is 12.3. The van der Waals surface area contributed by atoms with Crippen LogP contribution in [-0.4, -0.2) is 39.0 Å². The summed E-state index contributed by atoms with van der Waals surface area (Å²) in [6.07, 6.45) is 0.405. The van der Waals surface area contributed by atoms with Crippen LogP contribution in [0.1, 0.15) is 83.2 Å². The fraction of sp³-hybridized carbons (Fsp3) is 0.517. The molecule has 6 heteroatoms. The molecular formula is C29H36FNO4. The number of nitrogens with zero attached hydrogens (tertiary/aromatic N) is 1. The van der Waals surface area contributed by atoms with E-state index in [0.29, 0.717) is 11.8 Å². The summed E-state index contributed by atoms with van der Waals surface area (Å²) in [6, 6.07) is 8.31. The Morgan fingerprint density at radius 1 is 1.20 bits per heavy atom. The number of aliphatic hydroxyl groups excluding tert-OH is 2. The van der Waals surface area contributed by atoms with Gasteiger partial charge in [-0.15, -0.1) is 0 Å². The number of rotatable bonds is 8. The highest BCUT2D eigenvalue weighted by Gasteiger charge is 2.29. The Morgan fingerprint density at radius 3 is 2.43 bits per heavy atom. The number of carbonyl (C=O) groups is 1. The molecule has 3 rings (SSSR count). The molecule has 2 N–H and O–H groups in total. The molecule has 1 heterocycles. The lowest BCUT2D eigenvalue weighted by atomic mass is 9.94. The number of carbonyl (C=O) groups excluding carboxylic acids is 1. The number of benzene rings is 1. The van der Waals surface area contributed by atoms with Gasteiger partial charge in [-0.1, -0.05) is 37.8 Å². The van der Waals surface area contributed by atoms with E-state index in [0.717, 1.165) is 47.3 Å². The lowest BCUT2D eigenvalue weighted by Crippen LogP contribution is -2.27. The molecule has 0 unspecified atom stereocenters. The Bertz CT molecular complexity index is 1090. The molecule has 1 fully saturated rings. The second-order valence-electron chi connectivity index (χ2n) is 10.8. The summed E-state index contributed by atoms with van der Waals surface area (Å²) >= 11 is 0. The van der Waals surface area contributed by atoms with Crippen molar-refractivity contribution < 1.29 is 24.1 Å². The van der Waals surface area contributed by atoms with Crippen LogP contribution in [0.15, 0.2) is 30.3 Å². The summed E-state index contributed by atoms with van der Waals surface area (Å²) in [4.78, 5) is 16.9. The molecule has 0 spiro atoms. The summed E-state index contributed by atoms with van der Waals surface area (Å²) in [5, 5.41) is 20.7. The van der Waals surface area contributed by atoms with Crippen molar-refractivity contribution >= 4 is 5.97 Å². The fourth-order valence-electron chi connectivity index (χ4n) is 3.91. The number of hydrogen-bond donors (Lipinski definition) is 2. The van der Waals surface area contributed by atoms with Crippen LogP contribution in [0.5, 0.6) is 0 Å². The molecule has 1 saturated carbocycles. The van der Waals surface area contributed by atoms with Gasteiger partial charge in [0.2, 0.25) is 0 Å². The fourth-order valence-corrected chi connectivity index (χ4v) is 3.91. The van der Waals surface area contributed by atoms with E-state index in [4.69, 9.17) is 9.72 Å². The number of hydrogen-bond acceptors (Lipinski definition) is 5. The van der Waals surface area contributed by atoms with Gasteiger partial charge in [0, 0.05) is 23.6 Å². The largest absolute Gasteiger partial charge is 0.460 e. The molecular weight excluding hydrogens is 445 g/mol. The molecule has 188 valence electrons. The van der Waals surface area contributed by atoms with E-state index in [1.54, 1.807) is 32.9 Å². The van der Waals surface area contributed by atoms with Gasteiger partial charge >= 0.3 is 5.97 Å². The smallest absolute Gasteiger partial charge is 0.308 e. The zero-order valence-corrected chi connectivity index (χ0v) is 21.3. The van der Waals surface area contributed by atoms with Crippen LogP contribution >= 0.6 is 0 Å². The summed E-state index contributed by atoms with van der Waals surface area (Å²) in [5.74, 6) is 5.86. The van der Waals surface area contributed by atoms with Crippen molar-refractivity contribution in [3.8, 4) is 23.0 Å². The summed E-state index contributed by atoms with van der Waals surface area (Å²) in [7, 11) is 0. The third kappa shape index (κ3) is 8.45. The standard InChI is InChI=1S/C29H36FNO4/c1-18(2)14-22-15-26(19-8-10-21(30)11-9-19)25(28(31-22)20-6-7-20)13-12-23(32)16-24(33)17-27(34)35-29(3,4)5/h8-11,15,18,20,23-24,32-33H,6-7,14,16-17H2,1-5H3/t23-,24-/m1/s1. The molecule has 2 atom stereocenters. The van der Waals surface area contributed by atoms with Gasteiger partial charge in [-0.05, 0) is 69.7 Å². The Labute approximate surface area is 207 Å². The lowest BCUT2D eigenvalue weighted by Gasteiger charge is -2.20. The zero-order chi connectivity index (χ0) is 25.8. The van der Waals surface area contributed by atoms with Crippen LogP contribution < -0.4 is 0 Å². The number of esters is 1. The van der Waals surface area contributed by atoms with Crippen molar-refractivity contribution in [3.63, 3.8) is 0 Å². The molecule has 0 radical (unpaired) electrons. The summed E-state index contributed by atoms with van der Waals surface area (Å²) in [6.45, 7) is 9.56. The molecule has 0 saturated heterocycles. The normalized spacial score (nSPS) is 15.3. The van der Waals surface area contributed by atoms with E-state index in [1.807, 2.05) is 6.07 Å². The van der Waals surface area contributed by atoms with Gasteiger partial charge in [0.15, 0.2) is 0 Å². The van der Waals surface area contributed by atoms with E-state index in [2.05, 4.69) is 25.7 Å². The first-order chi connectivity index (χ1) is 16.4. The van der Waals surface area contributed by atoms with Gasteiger partial charge in [0.1, 0.15) is 17.5 Å². The molecule has 1 aliphatic rings. The van der Waals surface area contributed by atoms with Gasteiger partial charge in [0.25, 0.3) is 0 Å². The Balaban J connectivity index is 1.88. The predicted octanol–water partition coefficient (Wildman–Crippen LogP) is 5.16. The van der Waals surface area contributed by atoms with Crippen LogP contribution in [0, 0.1) is 23.6 Å². The molecule has 2 aromatic rings. The number of aliphatic hydroxyl groups is 2. The molecule has 0 aliphatic heterocycles. The van der Waals surface area contributed by atoms with E-state index in [1.165, 1.54) is 12.1 Å². The van der Waals surface area contributed by atoms with Crippen molar-refractivity contribution in [1.29, 1.82) is 0 Å². The average molecular weight is 482 g/mol. The minimum absolute atomic E-state index is 0.0737. The number of halogens is 1. The summed E-state index contributed by atoms with van der Waals surface area (Å²) < 4.78 is 18.8. The van der Waals surface area contributed by atoms with E-state index < -0.39 is 23.8 Å². The highest BCUT2D eigenvalue weighted by atomic mass is 19.1. The minimum Gasteiger partial charge on any atom is -0.460 e. The van der Waals surface area contributed by atoms with E-state index in [-0.39, 0.29) is 18.7 Å². The van der Waals surface area contributed by atoms with Gasteiger partial charge in [-0.2, -0.15) is 0 Å². The minimum atomic E-state index is -1.13. The molecule has 1 aromatic carbocycles. The predicted molar refractivity (Wildman–Crippen MR) is 134 cm³/mol. The van der Waals surface area contributed by atoms with Gasteiger partial charge in [-0.3, -0.25) is 9.78 Å². The van der Waals surface area contributed by atoms with Crippen LogP contribution in [0.4, 0.5) is 4.39 Å². The topological polar surface area (TPSA) is 79.7 Å². The molecule has 1 aromatic heterocycles. The van der Waals surface area contributed by atoms with Crippen LogP contribution in [-0.2, 0) is 16.0 Å². The van der Waals surface area contributed by atoms with Crippen molar-refractivity contribution in [2.75, 3.05) is 0 Å². The molecule has 0 amide bonds. The monoisotopic (exact) mass is 481 g/mol. The number of ether oxygens (including phenoxy) is 1. The quantitative estimate of drug-likeness (QED) is 0.402. The molecule has 35 heavy (non-hydrogen) atoms. The first-order valence-electron chi connectivity index (χ1n) is 12.3. The second-order valence-corrected chi connectivity index (χ2v) is 10.8. The lowest BCUT2D eigenvalue weighted by molar-refractivity contribution is -0.157. The van der Waals surface area contributed by atoms with Crippen molar-refractivity contribution in [1.82, 2.24) is 4.98 Å². The molecule has 0 bridgehead atoms. The van der Waals surface area contributed by atoms with E-state index >= 15 is 0 Å².